The minimum absolute atomic E-state index is 0.0231. The molecule has 3 rings (SSSR count). The zero-order valence-corrected chi connectivity index (χ0v) is 13.3. The van der Waals surface area contributed by atoms with E-state index in [4.69, 9.17) is 9.94 Å². The van der Waals surface area contributed by atoms with E-state index in [1.54, 1.807) is 0 Å². The number of carbonyl (C=O) groups excluding carboxylic acids is 1. The van der Waals surface area contributed by atoms with Crippen LogP contribution in [0.2, 0.25) is 0 Å². The molecule has 0 saturated heterocycles. The third-order valence-corrected chi connectivity index (χ3v) is 4.48. The van der Waals surface area contributed by atoms with E-state index in [-0.39, 0.29) is 11.3 Å². The average Bonchev–Trinajstić information content (AvgIpc) is 2.64. The van der Waals surface area contributed by atoms with Gasteiger partial charge in [-0.2, -0.15) is 0 Å². The molecule has 0 aliphatic heterocycles. The minimum Gasteiger partial charge on any atom is -0.454 e. The summed E-state index contributed by atoms with van der Waals surface area (Å²) in [4.78, 5) is 11.3. The fourth-order valence-corrected chi connectivity index (χ4v) is 3.16. The van der Waals surface area contributed by atoms with Gasteiger partial charge in [0.2, 0.25) is 0 Å². The summed E-state index contributed by atoms with van der Waals surface area (Å²) in [5.41, 5.74) is 2.79. The number of rotatable bonds is 4. The summed E-state index contributed by atoms with van der Waals surface area (Å²) in [6.07, 6.45) is 6.33. The Balaban J connectivity index is 1.70. The number of benzene rings is 2. The first-order valence-corrected chi connectivity index (χ1v) is 8.19. The predicted molar refractivity (Wildman–Crippen MR) is 88.0 cm³/mol. The molecule has 2 N–H and O–H groups in total. The number of ether oxygens (including phenoxy) is 1. The zero-order chi connectivity index (χ0) is 16.9. The standard InChI is InChI=1S/C19H20FNO3/c20-17-12-15(19(22)21-23)8-11-18(17)24-16-9-6-14(7-10-16)13-4-2-1-3-5-13/h6-13,23H,1-5H2,(H,21,22). The number of halogens is 1. The molecule has 0 aromatic heterocycles. The molecule has 1 aliphatic rings. The van der Waals surface area contributed by atoms with E-state index in [1.807, 2.05) is 24.3 Å². The Morgan fingerprint density at radius 3 is 2.42 bits per heavy atom. The van der Waals surface area contributed by atoms with Crippen LogP contribution in [-0.4, -0.2) is 11.1 Å². The SMILES string of the molecule is O=C(NO)c1ccc(Oc2ccc(C3CCCCC3)cc2)c(F)c1. The molecule has 0 bridgehead atoms. The zero-order valence-electron chi connectivity index (χ0n) is 13.3. The Morgan fingerprint density at radius 2 is 1.79 bits per heavy atom. The largest absolute Gasteiger partial charge is 0.454 e. The summed E-state index contributed by atoms with van der Waals surface area (Å²) in [6.45, 7) is 0. The Hall–Kier alpha value is -2.40. The van der Waals surface area contributed by atoms with Crippen molar-refractivity contribution in [1.82, 2.24) is 5.48 Å². The van der Waals surface area contributed by atoms with Crippen LogP contribution in [0.3, 0.4) is 0 Å². The molecule has 1 aliphatic carbocycles. The quantitative estimate of drug-likeness (QED) is 0.626. The molecule has 0 spiro atoms. The van der Waals surface area contributed by atoms with E-state index in [0.717, 1.165) is 6.07 Å². The fourth-order valence-electron chi connectivity index (χ4n) is 3.16. The molecule has 1 saturated carbocycles. The van der Waals surface area contributed by atoms with Crippen LogP contribution in [-0.2, 0) is 0 Å². The lowest BCUT2D eigenvalue weighted by Gasteiger charge is -2.22. The minimum atomic E-state index is -0.766. The molecule has 5 heteroatoms. The van der Waals surface area contributed by atoms with Gasteiger partial charge in [0.25, 0.3) is 5.91 Å². The number of carbonyl (C=O) groups is 1. The first-order chi connectivity index (χ1) is 11.7. The lowest BCUT2D eigenvalue weighted by Crippen LogP contribution is -2.18. The highest BCUT2D eigenvalue weighted by molar-refractivity contribution is 5.93. The highest BCUT2D eigenvalue weighted by atomic mass is 19.1. The maximum absolute atomic E-state index is 14.0. The number of nitrogens with one attached hydrogen (secondary N) is 1. The van der Waals surface area contributed by atoms with Gasteiger partial charge in [-0.3, -0.25) is 10.0 Å². The third kappa shape index (κ3) is 3.74. The number of hydrogen-bond donors (Lipinski definition) is 2. The molecule has 126 valence electrons. The van der Waals surface area contributed by atoms with Crippen molar-refractivity contribution < 1.29 is 19.1 Å². The number of hydroxylamine groups is 1. The highest BCUT2D eigenvalue weighted by Gasteiger charge is 2.15. The molecule has 1 fully saturated rings. The van der Waals surface area contributed by atoms with Crippen molar-refractivity contribution in [1.29, 1.82) is 0 Å². The second-order valence-corrected chi connectivity index (χ2v) is 6.09. The van der Waals surface area contributed by atoms with E-state index in [1.165, 1.54) is 55.3 Å². The van der Waals surface area contributed by atoms with Crippen LogP contribution in [0, 0.1) is 5.82 Å². The Bertz CT molecular complexity index is 709. The normalized spacial score (nSPS) is 15.1. The Kier molecular flexibility index (Phi) is 5.11. The van der Waals surface area contributed by atoms with Crippen LogP contribution in [0.5, 0.6) is 11.5 Å². The van der Waals surface area contributed by atoms with Crippen molar-refractivity contribution in [3.05, 3.63) is 59.4 Å². The Labute approximate surface area is 140 Å². The van der Waals surface area contributed by atoms with Gasteiger partial charge < -0.3 is 4.74 Å². The summed E-state index contributed by atoms with van der Waals surface area (Å²) in [7, 11) is 0. The molecular weight excluding hydrogens is 309 g/mol. The molecule has 0 heterocycles. The van der Waals surface area contributed by atoms with E-state index in [0.29, 0.717) is 11.7 Å². The summed E-state index contributed by atoms with van der Waals surface area (Å²) in [5, 5.41) is 8.56. The molecule has 1 amide bonds. The molecule has 0 radical (unpaired) electrons. The van der Waals surface area contributed by atoms with Gasteiger partial charge in [0.05, 0.1) is 0 Å². The molecular formula is C19H20FNO3. The molecule has 2 aromatic carbocycles. The van der Waals surface area contributed by atoms with Gasteiger partial charge in [0.15, 0.2) is 11.6 Å². The van der Waals surface area contributed by atoms with Gasteiger partial charge in [-0.25, -0.2) is 9.87 Å². The van der Waals surface area contributed by atoms with E-state index >= 15 is 0 Å². The second-order valence-electron chi connectivity index (χ2n) is 6.09. The van der Waals surface area contributed by atoms with Crippen molar-refractivity contribution in [2.75, 3.05) is 0 Å². The lowest BCUT2D eigenvalue weighted by molar-refractivity contribution is 0.0706. The second kappa shape index (κ2) is 7.45. The molecule has 4 nitrogen and oxygen atoms in total. The summed E-state index contributed by atoms with van der Waals surface area (Å²) < 4.78 is 19.6. The number of hydrogen-bond acceptors (Lipinski definition) is 3. The topological polar surface area (TPSA) is 58.6 Å². The van der Waals surface area contributed by atoms with Gasteiger partial charge in [-0.05, 0) is 54.7 Å². The van der Waals surface area contributed by atoms with Crippen molar-refractivity contribution >= 4 is 5.91 Å². The van der Waals surface area contributed by atoms with E-state index in [2.05, 4.69) is 0 Å². The molecule has 24 heavy (non-hydrogen) atoms. The van der Waals surface area contributed by atoms with Gasteiger partial charge in [-0.15, -0.1) is 0 Å². The lowest BCUT2D eigenvalue weighted by atomic mass is 9.84. The van der Waals surface area contributed by atoms with Crippen LogP contribution in [0.4, 0.5) is 4.39 Å². The summed E-state index contributed by atoms with van der Waals surface area (Å²) in [6, 6.07) is 11.6. The third-order valence-electron chi connectivity index (χ3n) is 4.48. The molecule has 0 atom stereocenters. The monoisotopic (exact) mass is 329 g/mol. The highest BCUT2D eigenvalue weighted by Crippen LogP contribution is 2.34. The van der Waals surface area contributed by atoms with E-state index < -0.39 is 11.7 Å². The fraction of sp³-hybridized carbons (Fsp3) is 0.316. The van der Waals surface area contributed by atoms with Crippen LogP contribution < -0.4 is 10.2 Å². The van der Waals surface area contributed by atoms with Gasteiger partial charge in [-0.1, -0.05) is 31.4 Å². The van der Waals surface area contributed by atoms with Crippen molar-refractivity contribution in [2.24, 2.45) is 0 Å². The van der Waals surface area contributed by atoms with Crippen molar-refractivity contribution in [3.63, 3.8) is 0 Å². The predicted octanol–water partition coefficient (Wildman–Crippen LogP) is 4.78. The number of amides is 1. The van der Waals surface area contributed by atoms with Gasteiger partial charge >= 0.3 is 0 Å². The first-order valence-electron chi connectivity index (χ1n) is 8.19. The maximum atomic E-state index is 14.0. The van der Waals surface area contributed by atoms with Gasteiger partial charge in [0, 0.05) is 5.56 Å². The van der Waals surface area contributed by atoms with Crippen LogP contribution in [0.15, 0.2) is 42.5 Å². The summed E-state index contributed by atoms with van der Waals surface area (Å²) >= 11 is 0. The van der Waals surface area contributed by atoms with Crippen molar-refractivity contribution in [2.45, 2.75) is 38.0 Å². The Morgan fingerprint density at radius 1 is 1.08 bits per heavy atom. The average molecular weight is 329 g/mol. The van der Waals surface area contributed by atoms with Crippen LogP contribution in [0.1, 0.15) is 53.9 Å². The van der Waals surface area contributed by atoms with Crippen LogP contribution >= 0.6 is 0 Å². The molecule has 2 aromatic rings. The van der Waals surface area contributed by atoms with Crippen LogP contribution in [0.25, 0.3) is 0 Å². The molecule has 0 unspecified atom stereocenters. The first kappa shape index (κ1) is 16.5. The van der Waals surface area contributed by atoms with Gasteiger partial charge in [0.1, 0.15) is 5.75 Å². The maximum Gasteiger partial charge on any atom is 0.274 e. The van der Waals surface area contributed by atoms with Crippen molar-refractivity contribution in [3.8, 4) is 11.5 Å². The smallest absolute Gasteiger partial charge is 0.274 e. The van der Waals surface area contributed by atoms with E-state index in [9.17, 15) is 9.18 Å². The summed E-state index contributed by atoms with van der Waals surface area (Å²) in [5.74, 6) is -0.228.